The first kappa shape index (κ1) is 17.5. The first-order valence-corrected chi connectivity index (χ1v) is 8.76. The number of likely N-dealkylation sites (N-methyl/N-ethyl adjacent to an activating group) is 1. The van der Waals surface area contributed by atoms with E-state index < -0.39 is 6.04 Å². The van der Waals surface area contributed by atoms with E-state index in [1.807, 2.05) is 30.1 Å². The van der Waals surface area contributed by atoms with Crippen LogP contribution in [0.15, 0.2) is 18.2 Å². The molecule has 1 aromatic carbocycles. The third-order valence-electron chi connectivity index (χ3n) is 4.34. The molecule has 2 aliphatic rings. The highest BCUT2D eigenvalue weighted by molar-refractivity contribution is 5.88. The Morgan fingerprint density at radius 2 is 2.08 bits per heavy atom. The molecule has 1 unspecified atom stereocenters. The molecule has 0 aromatic heterocycles. The van der Waals surface area contributed by atoms with Gasteiger partial charge in [-0.1, -0.05) is 6.07 Å². The minimum atomic E-state index is -0.419. The third-order valence-corrected chi connectivity index (χ3v) is 4.34. The number of rotatable bonds is 5. The summed E-state index contributed by atoms with van der Waals surface area (Å²) in [4.78, 5) is 26.0. The van der Waals surface area contributed by atoms with Crippen LogP contribution >= 0.6 is 0 Å². The average Bonchev–Trinajstić information content (AvgIpc) is 2.79. The van der Waals surface area contributed by atoms with Crippen LogP contribution in [-0.2, 0) is 16.1 Å². The fourth-order valence-electron chi connectivity index (χ4n) is 3.12. The lowest BCUT2D eigenvalue weighted by molar-refractivity contribution is -0.129. The second-order valence-corrected chi connectivity index (χ2v) is 6.56. The highest BCUT2D eigenvalue weighted by Crippen LogP contribution is 2.30. The second-order valence-electron chi connectivity index (χ2n) is 6.56. The topological polar surface area (TPSA) is 79.9 Å². The highest BCUT2D eigenvalue weighted by atomic mass is 16.6. The third kappa shape index (κ3) is 4.85. The zero-order chi connectivity index (χ0) is 17.6. The molecule has 2 aliphatic heterocycles. The number of fused-ring (bicyclic) bond motifs is 1. The number of hydrogen-bond acceptors (Lipinski definition) is 5. The Hall–Kier alpha value is -2.28. The molecule has 0 radical (unpaired) electrons. The van der Waals surface area contributed by atoms with Gasteiger partial charge in [0.05, 0.1) is 6.54 Å². The molecular formula is C18H25N3O4. The number of nitrogens with one attached hydrogen (secondary N) is 2. The quantitative estimate of drug-likeness (QED) is 0.819. The van der Waals surface area contributed by atoms with E-state index in [4.69, 9.17) is 9.47 Å². The maximum Gasteiger partial charge on any atom is 0.242 e. The molecule has 7 heteroatoms. The number of ether oxygens (including phenoxy) is 2. The van der Waals surface area contributed by atoms with Crippen molar-refractivity contribution in [2.24, 2.45) is 0 Å². The molecule has 1 aromatic rings. The van der Waals surface area contributed by atoms with Gasteiger partial charge in [0.2, 0.25) is 11.8 Å². The van der Waals surface area contributed by atoms with Crippen molar-refractivity contribution in [3.05, 3.63) is 23.8 Å². The maximum atomic E-state index is 12.2. The van der Waals surface area contributed by atoms with Crippen LogP contribution < -0.4 is 20.1 Å². The van der Waals surface area contributed by atoms with E-state index in [-0.39, 0.29) is 18.4 Å². The molecule has 136 valence electrons. The monoisotopic (exact) mass is 347 g/mol. The lowest BCUT2D eigenvalue weighted by Crippen LogP contribution is -2.48. The molecule has 3 rings (SSSR count). The Morgan fingerprint density at radius 3 is 2.92 bits per heavy atom. The molecule has 2 amide bonds. The number of carbonyl (C=O) groups excluding carboxylic acids is 2. The maximum absolute atomic E-state index is 12.2. The smallest absolute Gasteiger partial charge is 0.242 e. The number of amides is 2. The van der Waals surface area contributed by atoms with Crippen molar-refractivity contribution in [3.8, 4) is 11.5 Å². The summed E-state index contributed by atoms with van der Waals surface area (Å²) in [7, 11) is 1.88. The fraction of sp³-hybridized carbons (Fsp3) is 0.556. The summed E-state index contributed by atoms with van der Waals surface area (Å²) in [6.45, 7) is 2.66. The van der Waals surface area contributed by atoms with Crippen LogP contribution in [0.1, 0.15) is 24.8 Å². The number of nitrogens with zero attached hydrogens (tertiary/aromatic N) is 1. The molecule has 1 saturated heterocycles. The SMILES string of the molecule is CN(CC(=O)NC1CCCCNC1=O)Cc1ccc2c(c1)OCCO2. The zero-order valence-corrected chi connectivity index (χ0v) is 14.5. The Balaban J connectivity index is 1.50. The van der Waals surface area contributed by atoms with Gasteiger partial charge in [0.15, 0.2) is 11.5 Å². The van der Waals surface area contributed by atoms with E-state index >= 15 is 0 Å². The van der Waals surface area contributed by atoms with Crippen LogP contribution in [0.2, 0.25) is 0 Å². The average molecular weight is 347 g/mol. The van der Waals surface area contributed by atoms with Gasteiger partial charge in [-0.2, -0.15) is 0 Å². The van der Waals surface area contributed by atoms with Crippen molar-refractivity contribution in [3.63, 3.8) is 0 Å². The van der Waals surface area contributed by atoms with Crippen LogP contribution in [0.25, 0.3) is 0 Å². The van der Waals surface area contributed by atoms with Crippen molar-refractivity contribution in [1.82, 2.24) is 15.5 Å². The lowest BCUT2D eigenvalue weighted by atomic mass is 10.1. The summed E-state index contributed by atoms with van der Waals surface area (Å²) in [5.41, 5.74) is 1.05. The summed E-state index contributed by atoms with van der Waals surface area (Å²) in [6.07, 6.45) is 2.60. The predicted molar refractivity (Wildman–Crippen MR) is 92.6 cm³/mol. The largest absolute Gasteiger partial charge is 0.486 e. The molecule has 1 fully saturated rings. The second kappa shape index (κ2) is 8.20. The first-order chi connectivity index (χ1) is 12.1. The molecule has 0 bridgehead atoms. The zero-order valence-electron chi connectivity index (χ0n) is 14.5. The summed E-state index contributed by atoms with van der Waals surface area (Å²) in [5, 5.41) is 5.67. The molecule has 2 N–H and O–H groups in total. The van der Waals surface area contributed by atoms with Crippen molar-refractivity contribution < 1.29 is 19.1 Å². The van der Waals surface area contributed by atoms with Crippen LogP contribution in [0.4, 0.5) is 0 Å². The van der Waals surface area contributed by atoms with Crippen molar-refractivity contribution in [1.29, 1.82) is 0 Å². The van der Waals surface area contributed by atoms with Crippen LogP contribution in [-0.4, -0.2) is 56.1 Å². The molecule has 0 aliphatic carbocycles. The Bertz CT molecular complexity index is 635. The molecule has 0 spiro atoms. The molecule has 7 nitrogen and oxygen atoms in total. The van der Waals surface area contributed by atoms with Gasteiger partial charge in [0, 0.05) is 13.1 Å². The molecule has 0 saturated carbocycles. The van der Waals surface area contributed by atoms with E-state index in [2.05, 4.69) is 10.6 Å². The van der Waals surface area contributed by atoms with Gasteiger partial charge in [-0.05, 0) is 44.0 Å². The van der Waals surface area contributed by atoms with Crippen molar-refractivity contribution in [2.75, 3.05) is 33.4 Å². The van der Waals surface area contributed by atoms with Crippen molar-refractivity contribution in [2.45, 2.75) is 31.8 Å². The summed E-state index contributed by atoms with van der Waals surface area (Å²) in [6, 6.07) is 5.40. The lowest BCUT2D eigenvalue weighted by Gasteiger charge is -2.21. The Kier molecular flexibility index (Phi) is 5.75. The number of benzene rings is 1. The van der Waals surface area contributed by atoms with E-state index in [0.29, 0.717) is 32.7 Å². The Morgan fingerprint density at radius 1 is 1.28 bits per heavy atom. The summed E-state index contributed by atoms with van der Waals surface area (Å²) in [5.74, 6) is 1.29. The van der Waals surface area contributed by atoms with Gasteiger partial charge in [-0.3, -0.25) is 14.5 Å². The van der Waals surface area contributed by atoms with E-state index in [9.17, 15) is 9.59 Å². The summed E-state index contributed by atoms with van der Waals surface area (Å²) < 4.78 is 11.1. The van der Waals surface area contributed by atoms with Crippen LogP contribution in [0.5, 0.6) is 11.5 Å². The normalized spacial score (nSPS) is 19.9. The molecule has 2 heterocycles. The van der Waals surface area contributed by atoms with Crippen LogP contribution in [0, 0.1) is 0 Å². The highest BCUT2D eigenvalue weighted by Gasteiger charge is 2.22. The van der Waals surface area contributed by atoms with Gasteiger partial charge >= 0.3 is 0 Å². The fourth-order valence-corrected chi connectivity index (χ4v) is 3.12. The van der Waals surface area contributed by atoms with Crippen LogP contribution in [0.3, 0.4) is 0 Å². The molecule has 1 atom stereocenters. The van der Waals surface area contributed by atoms with Gasteiger partial charge in [0.25, 0.3) is 0 Å². The summed E-state index contributed by atoms with van der Waals surface area (Å²) >= 11 is 0. The van der Waals surface area contributed by atoms with E-state index in [1.54, 1.807) is 0 Å². The Labute approximate surface area is 147 Å². The minimum Gasteiger partial charge on any atom is -0.486 e. The molecular weight excluding hydrogens is 322 g/mol. The molecule has 25 heavy (non-hydrogen) atoms. The van der Waals surface area contributed by atoms with Gasteiger partial charge in [0.1, 0.15) is 19.3 Å². The van der Waals surface area contributed by atoms with E-state index in [0.717, 1.165) is 29.9 Å². The number of carbonyl (C=O) groups is 2. The number of hydrogen-bond donors (Lipinski definition) is 2. The van der Waals surface area contributed by atoms with Gasteiger partial charge in [-0.15, -0.1) is 0 Å². The standard InChI is InChI=1S/C18H25N3O4/c1-21(11-13-5-6-15-16(10-13)25-9-8-24-15)12-17(22)20-14-4-2-3-7-19-18(14)23/h5-6,10,14H,2-4,7-9,11-12H2,1H3,(H,19,23)(H,20,22). The van der Waals surface area contributed by atoms with E-state index in [1.165, 1.54) is 0 Å². The van der Waals surface area contributed by atoms with Gasteiger partial charge in [-0.25, -0.2) is 0 Å². The van der Waals surface area contributed by atoms with Gasteiger partial charge < -0.3 is 20.1 Å². The van der Waals surface area contributed by atoms with Crippen molar-refractivity contribution >= 4 is 11.8 Å². The minimum absolute atomic E-state index is 0.0830. The first-order valence-electron chi connectivity index (χ1n) is 8.76. The predicted octanol–water partition coefficient (Wildman–Crippen LogP) is 0.675.